The summed E-state index contributed by atoms with van der Waals surface area (Å²) in [7, 11) is 1.51. The van der Waals surface area contributed by atoms with Crippen LogP contribution in [0.2, 0.25) is 0 Å². The molecule has 5 rings (SSSR count). The highest BCUT2D eigenvalue weighted by atomic mass is 19.1. The number of carbonyl (C=O) groups is 1. The van der Waals surface area contributed by atoms with Crippen LogP contribution in [0, 0.1) is 5.82 Å². The lowest BCUT2D eigenvalue weighted by Crippen LogP contribution is -2.42. The van der Waals surface area contributed by atoms with Crippen molar-refractivity contribution in [2.24, 2.45) is 0 Å². The third-order valence-electron chi connectivity index (χ3n) is 6.10. The van der Waals surface area contributed by atoms with Crippen molar-refractivity contribution in [1.29, 1.82) is 0 Å². The van der Waals surface area contributed by atoms with Crippen LogP contribution in [0.1, 0.15) is 23.2 Å². The highest BCUT2D eigenvalue weighted by Crippen LogP contribution is 2.18. The van der Waals surface area contributed by atoms with E-state index in [1.54, 1.807) is 24.3 Å². The van der Waals surface area contributed by atoms with Gasteiger partial charge in [-0.25, -0.2) is 18.7 Å². The Hall–Kier alpha value is -4.05. The number of carbonyl (C=O) groups excluding carboxylic acids is 1. The normalized spacial score (nSPS) is 15.5. The van der Waals surface area contributed by atoms with E-state index in [4.69, 9.17) is 9.47 Å². The number of fused-ring (bicyclic) bond motifs is 1. The Morgan fingerprint density at radius 2 is 2.00 bits per heavy atom. The summed E-state index contributed by atoms with van der Waals surface area (Å²) in [6.07, 6.45) is 2.67. The second-order valence-corrected chi connectivity index (χ2v) is 8.35. The van der Waals surface area contributed by atoms with E-state index in [2.05, 4.69) is 4.98 Å². The summed E-state index contributed by atoms with van der Waals surface area (Å²) in [6.45, 7) is 0.477. The van der Waals surface area contributed by atoms with Crippen molar-refractivity contribution in [2.75, 3.05) is 13.7 Å². The quantitative estimate of drug-likeness (QED) is 0.379. The molecule has 0 saturated carbocycles. The summed E-state index contributed by atoms with van der Waals surface area (Å²) < 4.78 is 28.2. The monoisotopic (exact) mass is 478 g/mol. The maximum Gasteiger partial charge on any atom is 0.337 e. The fourth-order valence-electron chi connectivity index (χ4n) is 4.32. The first-order valence-electron chi connectivity index (χ1n) is 11.2. The standard InChI is InChI=1S/C25H23FN4O5/c1-34-19-5-2-4-16(12-19)21(31)14-28-15-27-23-22(28)24(32)29(13-20-6-3-11-35-20)25(33)30(23)18-9-7-17(26)8-10-18/h2,4-5,7-10,12,15,20H,3,6,11,13-14H2,1H3/t20-/m1/s1. The summed E-state index contributed by atoms with van der Waals surface area (Å²) in [6, 6.07) is 12.1. The van der Waals surface area contributed by atoms with E-state index in [9.17, 15) is 18.8 Å². The van der Waals surface area contributed by atoms with Crippen LogP contribution in [0.4, 0.5) is 4.39 Å². The van der Waals surface area contributed by atoms with Crippen molar-refractivity contribution in [3.05, 3.63) is 87.1 Å². The Balaban J connectivity index is 1.65. The van der Waals surface area contributed by atoms with Crippen molar-refractivity contribution < 1.29 is 18.7 Å². The number of ketones is 1. The van der Waals surface area contributed by atoms with Crippen molar-refractivity contribution in [1.82, 2.24) is 18.7 Å². The molecule has 0 unspecified atom stereocenters. The second kappa shape index (κ2) is 9.30. The topological polar surface area (TPSA) is 97.4 Å². The summed E-state index contributed by atoms with van der Waals surface area (Å²) in [4.78, 5) is 44.3. The largest absolute Gasteiger partial charge is 0.497 e. The molecule has 0 amide bonds. The minimum atomic E-state index is -0.603. The molecule has 9 nitrogen and oxygen atoms in total. The molecule has 4 aromatic rings. The Bertz CT molecular complexity index is 1510. The molecule has 0 radical (unpaired) electrons. The van der Waals surface area contributed by atoms with Gasteiger partial charge in [0.1, 0.15) is 11.6 Å². The minimum absolute atomic E-state index is 0.0732. The van der Waals surface area contributed by atoms with E-state index in [1.165, 1.54) is 46.8 Å². The molecule has 180 valence electrons. The zero-order chi connectivity index (χ0) is 24.5. The summed E-state index contributed by atoms with van der Waals surface area (Å²) in [5, 5.41) is 0. The van der Waals surface area contributed by atoms with E-state index in [1.807, 2.05) is 0 Å². The van der Waals surface area contributed by atoms with Gasteiger partial charge in [-0.3, -0.25) is 14.2 Å². The molecule has 1 saturated heterocycles. The number of rotatable bonds is 7. The average Bonchev–Trinajstić information content (AvgIpc) is 3.53. The van der Waals surface area contributed by atoms with Gasteiger partial charge >= 0.3 is 5.69 Å². The maximum atomic E-state index is 13.6. The molecule has 1 fully saturated rings. The molecule has 3 heterocycles. The lowest BCUT2D eigenvalue weighted by atomic mass is 10.1. The number of nitrogens with zero attached hydrogens (tertiary/aromatic N) is 4. The van der Waals surface area contributed by atoms with Gasteiger partial charge in [-0.1, -0.05) is 12.1 Å². The highest BCUT2D eigenvalue weighted by molar-refractivity contribution is 5.96. The predicted octanol–water partition coefficient (Wildman–Crippen LogP) is 2.56. The van der Waals surface area contributed by atoms with Crippen molar-refractivity contribution >= 4 is 16.9 Å². The van der Waals surface area contributed by atoms with Crippen LogP contribution in [0.25, 0.3) is 16.9 Å². The van der Waals surface area contributed by atoms with Crippen molar-refractivity contribution in [3.8, 4) is 11.4 Å². The first-order chi connectivity index (χ1) is 17.0. The fraction of sp³-hybridized carbons (Fsp3) is 0.280. The minimum Gasteiger partial charge on any atom is -0.497 e. The van der Waals surface area contributed by atoms with E-state index in [0.717, 1.165) is 17.4 Å². The SMILES string of the molecule is COc1cccc(C(=O)Cn2cnc3c2c(=O)n(C[C@H]2CCCO2)c(=O)n3-c2ccc(F)cc2)c1. The molecule has 2 aromatic carbocycles. The number of benzene rings is 2. The van der Waals surface area contributed by atoms with Gasteiger partial charge in [0.15, 0.2) is 16.9 Å². The molecule has 1 atom stereocenters. The van der Waals surface area contributed by atoms with Crippen LogP contribution in [0.15, 0.2) is 64.4 Å². The summed E-state index contributed by atoms with van der Waals surface area (Å²) in [5.41, 5.74) is -0.204. The number of methoxy groups -OCH3 is 1. The van der Waals surface area contributed by atoms with E-state index < -0.39 is 17.1 Å². The maximum absolute atomic E-state index is 13.6. The van der Waals surface area contributed by atoms with E-state index in [-0.39, 0.29) is 36.1 Å². The van der Waals surface area contributed by atoms with Gasteiger partial charge in [-0.15, -0.1) is 0 Å². The van der Waals surface area contributed by atoms with Crippen LogP contribution in [-0.2, 0) is 17.8 Å². The van der Waals surface area contributed by atoms with Crippen molar-refractivity contribution in [3.63, 3.8) is 0 Å². The Morgan fingerprint density at radius 1 is 1.20 bits per heavy atom. The zero-order valence-electron chi connectivity index (χ0n) is 19.0. The number of hydrogen-bond donors (Lipinski definition) is 0. The van der Waals surface area contributed by atoms with Crippen LogP contribution < -0.4 is 16.0 Å². The number of imidazole rings is 1. The zero-order valence-corrected chi connectivity index (χ0v) is 19.0. The molecule has 0 bridgehead atoms. The Kier molecular flexibility index (Phi) is 6.04. The van der Waals surface area contributed by atoms with Crippen LogP contribution in [0.3, 0.4) is 0 Å². The third-order valence-corrected chi connectivity index (χ3v) is 6.10. The van der Waals surface area contributed by atoms with E-state index in [0.29, 0.717) is 23.6 Å². The van der Waals surface area contributed by atoms with Gasteiger partial charge in [0.25, 0.3) is 5.56 Å². The van der Waals surface area contributed by atoms with Gasteiger partial charge in [-0.05, 0) is 49.2 Å². The fourth-order valence-corrected chi connectivity index (χ4v) is 4.32. The first kappa shape index (κ1) is 22.7. The highest BCUT2D eigenvalue weighted by Gasteiger charge is 2.24. The second-order valence-electron chi connectivity index (χ2n) is 8.35. The summed E-state index contributed by atoms with van der Waals surface area (Å²) in [5.74, 6) is -0.177. The Labute approximate surface area is 199 Å². The summed E-state index contributed by atoms with van der Waals surface area (Å²) >= 11 is 0. The van der Waals surface area contributed by atoms with E-state index >= 15 is 0 Å². The molecule has 0 aliphatic carbocycles. The predicted molar refractivity (Wildman–Crippen MR) is 126 cm³/mol. The van der Waals surface area contributed by atoms with Gasteiger partial charge in [0.05, 0.1) is 38.3 Å². The van der Waals surface area contributed by atoms with Gasteiger partial charge in [0.2, 0.25) is 0 Å². The molecule has 10 heteroatoms. The number of hydrogen-bond acceptors (Lipinski definition) is 6. The third kappa shape index (κ3) is 4.28. The molecular formula is C25H23FN4O5. The van der Waals surface area contributed by atoms with Crippen LogP contribution in [0.5, 0.6) is 5.75 Å². The van der Waals surface area contributed by atoms with Gasteiger partial charge < -0.3 is 14.0 Å². The molecule has 2 aromatic heterocycles. The lowest BCUT2D eigenvalue weighted by Gasteiger charge is -2.15. The number of Topliss-reactive ketones (excluding diaryl/α,β-unsaturated/α-hetero) is 1. The smallest absolute Gasteiger partial charge is 0.337 e. The number of aromatic nitrogens is 4. The molecule has 0 spiro atoms. The first-order valence-corrected chi connectivity index (χ1v) is 11.2. The molecule has 0 N–H and O–H groups in total. The molecule has 35 heavy (non-hydrogen) atoms. The molecular weight excluding hydrogens is 455 g/mol. The lowest BCUT2D eigenvalue weighted by molar-refractivity contribution is 0.0947. The average molecular weight is 478 g/mol. The molecule has 1 aliphatic rings. The van der Waals surface area contributed by atoms with Gasteiger partial charge in [0, 0.05) is 12.2 Å². The molecule has 1 aliphatic heterocycles. The van der Waals surface area contributed by atoms with Crippen LogP contribution >= 0.6 is 0 Å². The number of halogens is 1. The van der Waals surface area contributed by atoms with Gasteiger partial charge in [-0.2, -0.15) is 0 Å². The Morgan fingerprint density at radius 3 is 2.71 bits per heavy atom. The van der Waals surface area contributed by atoms with Crippen LogP contribution in [-0.4, -0.2) is 44.3 Å². The number of ether oxygens (including phenoxy) is 2. The van der Waals surface area contributed by atoms with Crippen molar-refractivity contribution in [2.45, 2.75) is 32.0 Å².